The van der Waals surface area contributed by atoms with Crippen LogP contribution in [-0.4, -0.2) is 17.5 Å². The standard InChI is InChI=1S/C15H21ClN2.C6H5Cl/c1-3-15(4-2)14(9-17)13(10-18-15)11-6-5-7-12(16)8-11;7-6-4-2-1-3-5-6/h5-6,8,12-14,18H,3-4,7,10H2,1-2H3;1-5H. The first-order chi connectivity index (χ1) is 12.1. The summed E-state index contributed by atoms with van der Waals surface area (Å²) in [6, 6.07) is 12.0. The van der Waals surface area contributed by atoms with Gasteiger partial charge in [-0.15, -0.1) is 11.6 Å². The van der Waals surface area contributed by atoms with Gasteiger partial charge in [0.15, 0.2) is 0 Å². The molecule has 25 heavy (non-hydrogen) atoms. The van der Waals surface area contributed by atoms with E-state index in [9.17, 15) is 5.26 Å². The number of benzene rings is 1. The van der Waals surface area contributed by atoms with Crippen molar-refractivity contribution in [2.45, 2.75) is 44.0 Å². The molecule has 1 saturated heterocycles. The summed E-state index contributed by atoms with van der Waals surface area (Å²) in [6.07, 6.45) is 9.30. The Morgan fingerprint density at radius 2 is 1.92 bits per heavy atom. The lowest BCUT2D eigenvalue weighted by Gasteiger charge is -2.31. The van der Waals surface area contributed by atoms with Crippen LogP contribution in [0.15, 0.2) is 54.1 Å². The van der Waals surface area contributed by atoms with Crippen molar-refractivity contribution in [1.82, 2.24) is 5.32 Å². The van der Waals surface area contributed by atoms with Crippen LogP contribution in [0.4, 0.5) is 0 Å². The average Bonchev–Trinajstić information content (AvgIpc) is 3.02. The van der Waals surface area contributed by atoms with Gasteiger partial charge in [-0.25, -0.2) is 0 Å². The van der Waals surface area contributed by atoms with Crippen LogP contribution in [0.2, 0.25) is 5.02 Å². The maximum absolute atomic E-state index is 9.56. The van der Waals surface area contributed by atoms with Crippen LogP contribution in [0.25, 0.3) is 0 Å². The lowest BCUT2D eigenvalue weighted by atomic mass is 9.74. The monoisotopic (exact) mass is 376 g/mol. The van der Waals surface area contributed by atoms with Crippen molar-refractivity contribution in [3.63, 3.8) is 0 Å². The van der Waals surface area contributed by atoms with Crippen molar-refractivity contribution in [2.24, 2.45) is 11.8 Å². The summed E-state index contributed by atoms with van der Waals surface area (Å²) in [6.45, 7) is 5.22. The number of rotatable bonds is 3. The molecule has 2 aliphatic rings. The molecule has 0 spiro atoms. The highest BCUT2D eigenvalue weighted by molar-refractivity contribution is 6.30. The van der Waals surface area contributed by atoms with Crippen LogP contribution >= 0.6 is 23.2 Å². The number of halogens is 2. The predicted octanol–water partition coefficient (Wildman–Crippen LogP) is 5.74. The van der Waals surface area contributed by atoms with E-state index in [1.165, 1.54) is 5.57 Å². The molecule has 1 fully saturated rings. The third-order valence-corrected chi connectivity index (χ3v) is 5.83. The van der Waals surface area contributed by atoms with Gasteiger partial charge >= 0.3 is 0 Å². The third-order valence-electron chi connectivity index (χ3n) is 5.28. The molecule has 4 heteroatoms. The summed E-state index contributed by atoms with van der Waals surface area (Å²) in [4.78, 5) is 0. The second-order valence-corrected chi connectivity index (χ2v) is 7.57. The van der Waals surface area contributed by atoms with Crippen LogP contribution in [0.3, 0.4) is 0 Å². The van der Waals surface area contributed by atoms with Gasteiger partial charge in [-0.1, -0.05) is 61.9 Å². The summed E-state index contributed by atoms with van der Waals surface area (Å²) < 4.78 is 0. The SMILES string of the molecule is CCC1(CC)NCC(C2=CC(Cl)CC=C2)C1C#N.Clc1ccccc1. The molecular formula is C21H26Cl2N2. The fraction of sp³-hybridized carbons (Fsp3) is 0.476. The summed E-state index contributed by atoms with van der Waals surface area (Å²) in [5.41, 5.74) is 1.22. The smallest absolute Gasteiger partial charge is 0.0725 e. The van der Waals surface area contributed by atoms with Gasteiger partial charge in [-0.3, -0.25) is 0 Å². The molecule has 3 rings (SSSR count). The van der Waals surface area contributed by atoms with Crippen LogP contribution in [0, 0.1) is 23.2 Å². The molecule has 0 radical (unpaired) electrons. The molecule has 1 aliphatic carbocycles. The maximum atomic E-state index is 9.56. The summed E-state index contributed by atoms with van der Waals surface area (Å²) in [5.74, 6) is 0.332. The number of nitriles is 1. The Hall–Kier alpha value is -1.27. The van der Waals surface area contributed by atoms with E-state index in [1.807, 2.05) is 30.3 Å². The fourth-order valence-electron chi connectivity index (χ4n) is 3.72. The minimum Gasteiger partial charge on any atom is -0.309 e. The molecule has 2 nitrogen and oxygen atoms in total. The van der Waals surface area contributed by atoms with Crippen LogP contribution in [0.1, 0.15) is 33.1 Å². The van der Waals surface area contributed by atoms with Gasteiger partial charge in [0.1, 0.15) is 0 Å². The van der Waals surface area contributed by atoms with E-state index in [-0.39, 0.29) is 22.8 Å². The first-order valence-corrected chi connectivity index (χ1v) is 9.75. The van der Waals surface area contributed by atoms with Crippen molar-refractivity contribution in [3.8, 4) is 6.07 Å². The highest BCUT2D eigenvalue weighted by atomic mass is 35.5. The normalized spacial score (nSPS) is 27.0. The van der Waals surface area contributed by atoms with Gasteiger partial charge in [-0.2, -0.15) is 5.26 Å². The molecule has 1 heterocycles. The largest absolute Gasteiger partial charge is 0.309 e. The highest BCUT2D eigenvalue weighted by Gasteiger charge is 2.47. The zero-order valence-electron chi connectivity index (χ0n) is 14.9. The van der Waals surface area contributed by atoms with E-state index in [4.69, 9.17) is 23.2 Å². The number of allylic oxidation sites excluding steroid dienone is 3. The van der Waals surface area contributed by atoms with E-state index in [0.717, 1.165) is 30.8 Å². The summed E-state index contributed by atoms with van der Waals surface area (Å²) in [5, 5.41) is 14.0. The van der Waals surface area contributed by atoms with Gasteiger partial charge in [-0.05, 0) is 37.0 Å². The number of nitrogens with zero attached hydrogens (tertiary/aromatic N) is 1. The van der Waals surface area contributed by atoms with E-state index in [0.29, 0.717) is 0 Å². The van der Waals surface area contributed by atoms with Gasteiger partial charge in [0, 0.05) is 23.0 Å². The van der Waals surface area contributed by atoms with E-state index >= 15 is 0 Å². The Morgan fingerprint density at radius 3 is 2.40 bits per heavy atom. The highest BCUT2D eigenvalue weighted by Crippen LogP contribution is 2.41. The van der Waals surface area contributed by atoms with Crippen molar-refractivity contribution < 1.29 is 0 Å². The topological polar surface area (TPSA) is 35.8 Å². The number of hydrogen-bond donors (Lipinski definition) is 1. The van der Waals surface area contributed by atoms with Crippen molar-refractivity contribution in [3.05, 3.63) is 59.2 Å². The lowest BCUT2D eigenvalue weighted by Crippen LogP contribution is -2.43. The number of alkyl halides is 1. The molecule has 3 unspecified atom stereocenters. The molecule has 0 aromatic heterocycles. The van der Waals surface area contributed by atoms with Crippen LogP contribution in [0.5, 0.6) is 0 Å². The molecule has 134 valence electrons. The minimum atomic E-state index is -0.0205. The quantitative estimate of drug-likeness (QED) is 0.682. The van der Waals surface area contributed by atoms with E-state index in [1.54, 1.807) is 0 Å². The zero-order chi connectivity index (χ0) is 18.3. The summed E-state index contributed by atoms with van der Waals surface area (Å²) in [7, 11) is 0. The van der Waals surface area contributed by atoms with E-state index in [2.05, 4.69) is 43.5 Å². The second-order valence-electron chi connectivity index (χ2n) is 6.57. The van der Waals surface area contributed by atoms with Gasteiger partial charge in [0.05, 0.1) is 17.4 Å². The van der Waals surface area contributed by atoms with Gasteiger partial charge < -0.3 is 5.32 Å². The molecule has 1 aromatic rings. The molecule has 3 atom stereocenters. The lowest BCUT2D eigenvalue weighted by molar-refractivity contribution is 0.287. The van der Waals surface area contributed by atoms with Gasteiger partial charge in [0.2, 0.25) is 0 Å². The van der Waals surface area contributed by atoms with Crippen molar-refractivity contribution >= 4 is 23.2 Å². The maximum Gasteiger partial charge on any atom is 0.0725 e. The molecule has 1 aromatic carbocycles. The number of nitrogens with one attached hydrogen (secondary N) is 1. The molecule has 1 N–H and O–H groups in total. The van der Waals surface area contributed by atoms with Crippen LogP contribution < -0.4 is 5.32 Å². The Bertz CT molecular complexity index is 642. The fourth-order valence-corrected chi connectivity index (χ4v) is 4.11. The first-order valence-electron chi connectivity index (χ1n) is 8.93. The Labute approximate surface area is 161 Å². The van der Waals surface area contributed by atoms with Crippen molar-refractivity contribution in [2.75, 3.05) is 6.54 Å². The summed E-state index contributed by atoms with van der Waals surface area (Å²) >= 11 is 11.7. The Kier molecular flexibility index (Phi) is 7.56. The third kappa shape index (κ3) is 4.88. The van der Waals surface area contributed by atoms with Crippen molar-refractivity contribution in [1.29, 1.82) is 5.26 Å². The van der Waals surface area contributed by atoms with E-state index < -0.39 is 0 Å². The molecule has 0 amide bonds. The second kappa shape index (κ2) is 9.43. The predicted molar refractivity (Wildman–Crippen MR) is 107 cm³/mol. The number of hydrogen-bond acceptors (Lipinski definition) is 2. The molecular weight excluding hydrogens is 351 g/mol. The minimum absolute atomic E-state index is 0.0205. The van der Waals surface area contributed by atoms with Crippen LogP contribution in [-0.2, 0) is 0 Å². The molecule has 0 saturated carbocycles. The Balaban J connectivity index is 0.000000269. The molecule has 1 aliphatic heterocycles. The Morgan fingerprint density at radius 1 is 1.24 bits per heavy atom. The zero-order valence-corrected chi connectivity index (χ0v) is 16.4. The van der Waals surface area contributed by atoms with Gasteiger partial charge in [0.25, 0.3) is 0 Å². The average molecular weight is 377 g/mol. The first kappa shape index (κ1) is 20.0. The molecule has 0 bridgehead atoms.